The number of aromatic nitrogens is 4. The Morgan fingerprint density at radius 3 is 2.82 bits per heavy atom. The first-order valence-electron chi connectivity index (χ1n) is 6.76. The van der Waals surface area contributed by atoms with Crippen LogP contribution in [0.25, 0.3) is 0 Å². The molecule has 3 aromatic rings. The van der Waals surface area contributed by atoms with Crippen LogP contribution in [0, 0.1) is 0 Å². The summed E-state index contributed by atoms with van der Waals surface area (Å²) in [5.74, 6) is 1.67. The second-order valence-corrected chi connectivity index (χ2v) is 4.75. The molecule has 2 heterocycles. The summed E-state index contributed by atoms with van der Waals surface area (Å²) in [4.78, 5) is 20.3. The molecule has 0 radical (unpaired) electrons. The molecule has 0 aliphatic heterocycles. The van der Waals surface area contributed by atoms with Gasteiger partial charge in [0.2, 0.25) is 0 Å². The quantitative estimate of drug-likeness (QED) is 0.676. The lowest BCUT2D eigenvalue weighted by molar-refractivity contribution is 0.0990. The van der Waals surface area contributed by atoms with E-state index in [0.29, 0.717) is 22.9 Å². The number of carbonyl (C=O) groups excluding carboxylic acids is 1. The largest absolute Gasteiger partial charge is 0.456 e. The first-order valence-corrected chi connectivity index (χ1v) is 6.76. The number of ether oxygens (including phenoxy) is 1. The summed E-state index contributed by atoms with van der Waals surface area (Å²) in [6, 6.07) is 10.6. The Labute approximate surface area is 127 Å². The van der Waals surface area contributed by atoms with Crippen molar-refractivity contribution in [2.75, 3.05) is 0 Å². The van der Waals surface area contributed by atoms with Crippen LogP contribution in [0.1, 0.15) is 16.2 Å². The van der Waals surface area contributed by atoms with Crippen LogP contribution in [0.5, 0.6) is 11.5 Å². The fraction of sp³-hybridized carbons (Fsp3) is 0.125. The van der Waals surface area contributed by atoms with E-state index in [1.807, 2.05) is 0 Å². The Morgan fingerprint density at radius 1 is 1.23 bits per heavy atom. The van der Waals surface area contributed by atoms with Crippen LogP contribution in [0.3, 0.4) is 0 Å². The van der Waals surface area contributed by atoms with Crippen LogP contribution in [-0.2, 0) is 13.5 Å². The molecule has 0 saturated carbocycles. The smallest absolute Gasteiger partial charge is 0.170 e. The van der Waals surface area contributed by atoms with Crippen LogP contribution in [0.2, 0.25) is 0 Å². The summed E-state index contributed by atoms with van der Waals surface area (Å²) in [6.07, 6.45) is 5.03. The Morgan fingerprint density at radius 2 is 2.09 bits per heavy atom. The summed E-state index contributed by atoms with van der Waals surface area (Å²) in [7, 11) is 1.77. The van der Waals surface area contributed by atoms with E-state index in [1.54, 1.807) is 66.8 Å². The SMILES string of the molecule is Cn1cnc(CC(=O)c2cccc(Oc3cccnc3)c2)n1. The molecule has 22 heavy (non-hydrogen) atoms. The standard InChI is InChI=1S/C16H14N4O2/c1-20-11-18-16(19-20)9-15(21)12-4-2-5-13(8-12)22-14-6-3-7-17-10-14/h2-8,10-11H,9H2,1H3. The van der Waals surface area contributed by atoms with Crippen molar-refractivity contribution in [3.05, 3.63) is 66.5 Å². The second kappa shape index (κ2) is 6.17. The molecule has 0 bridgehead atoms. The molecule has 0 atom stereocenters. The molecular formula is C16H14N4O2. The molecule has 0 amide bonds. The zero-order valence-electron chi connectivity index (χ0n) is 12.0. The molecule has 2 aromatic heterocycles. The molecule has 6 heteroatoms. The van der Waals surface area contributed by atoms with Gasteiger partial charge >= 0.3 is 0 Å². The van der Waals surface area contributed by atoms with Gasteiger partial charge < -0.3 is 4.74 Å². The highest BCUT2D eigenvalue weighted by molar-refractivity contribution is 5.97. The van der Waals surface area contributed by atoms with Gasteiger partial charge in [-0.1, -0.05) is 12.1 Å². The molecule has 3 rings (SSSR count). The van der Waals surface area contributed by atoms with Gasteiger partial charge in [0.25, 0.3) is 0 Å². The topological polar surface area (TPSA) is 69.9 Å². The molecule has 0 unspecified atom stereocenters. The number of rotatable bonds is 5. The first kappa shape index (κ1) is 13.9. The van der Waals surface area contributed by atoms with Crippen molar-refractivity contribution < 1.29 is 9.53 Å². The fourth-order valence-electron chi connectivity index (χ4n) is 1.99. The Bertz CT molecular complexity index is 784. The lowest BCUT2D eigenvalue weighted by Gasteiger charge is -2.06. The number of pyridine rings is 1. The predicted octanol–water partition coefficient (Wildman–Crippen LogP) is 2.43. The summed E-state index contributed by atoms with van der Waals surface area (Å²) < 4.78 is 7.25. The van der Waals surface area contributed by atoms with Crippen LogP contribution < -0.4 is 4.74 Å². The number of hydrogen-bond donors (Lipinski definition) is 0. The van der Waals surface area contributed by atoms with E-state index in [1.165, 1.54) is 0 Å². The zero-order chi connectivity index (χ0) is 15.4. The third-order valence-corrected chi connectivity index (χ3v) is 2.99. The van der Waals surface area contributed by atoms with E-state index in [9.17, 15) is 4.79 Å². The average Bonchev–Trinajstić information content (AvgIpc) is 2.93. The number of aryl methyl sites for hydroxylation is 1. The molecule has 0 saturated heterocycles. The summed E-state index contributed by atoms with van der Waals surface area (Å²) in [5, 5.41) is 4.11. The van der Waals surface area contributed by atoms with E-state index >= 15 is 0 Å². The van der Waals surface area contributed by atoms with Crippen LogP contribution in [0.15, 0.2) is 55.1 Å². The van der Waals surface area contributed by atoms with Gasteiger partial charge in [0, 0.05) is 18.8 Å². The zero-order valence-corrected chi connectivity index (χ0v) is 12.0. The lowest BCUT2D eigenvalue weighted by atomic mass is 10.1. The van der Waals surface area contributed by atoms with Gasteiger partial charge in [-0.25, -0.2) is 4.98 Å². The summed E-state index contributed by atoms with van der Waals surface area (Å²) in [6.45, 7) is 0. The van der Waals surface area contributed by atoms with E-state index in [-0.39, 0.29) is 12.2 Å². The van der Waals surface area contributed by atoms with Crippen molar-refractivity contribution in [2.24, 2.45) is 7.05 Å². The number of carbonyl (C=O) groups is 1. The molecule has 0 fully saturated rings. The van der Waals surface area contributed by atoms with E-state index in [4.69, 9.17) is 4.74 Å². The Balaban J connectivity index is 1.74. The number of nitrogens with zero attached hydrogens (tertiary/aromatic N) is 4. The van der Waals surface area contributed by atoms with Crippen molar-refractivity contribution in [2.45, 2.75) is 6.42 Å². The maximum atomic E-state index is 12.3. The highest BCUT2D eigenvalue weighted by Crippen LogP contribution is 2.21. The van der Waals surface area contributed by atoms with Crippen LogP contribution in [-0.4, -0.2) is 25.5 Å². The third-order valence-electron chi connectivity index (χ3n) is 2.99. The van der Waals surface area contributed by atoms with Gasteiger partial charge in [-0.05, 0) is 24.3 Å². The van der Waals surface area contributed by atoms with Crippen molar-refractivity contribution in [3.63, 3.8) is 0 Å². The van der Waals surface area contributed by atoms with Crippen molar-refractivity contribution in [1.29, 1.82) is 0 Å². The Kier molecular flexibility index (Phi) is 3.91. The van der Waals surface area contributed by atoms with Crippen LogP contribution in [0.4, 0.5) is 0 Å². The van der Waals surface area contributed by atoms with Gasteiger partial charge in [-0.3, -0.25) is 14.5 Å². The van der Waals surface area contributed by atoms with Gasteiger partial charge in [-0.15, -0.1) is 0 Å². The van der Waals surface area contributed by atoms with Crippen molar-refractivity contribution in [3.8, 4) is 11.5 Å². The molecule has 0 aliphatic carbocycles. The minimum Gasteiger partial charge on any atom is -0.456 e. The molecular weight excluding hydrogens is 280 g/mol. The minimum absolute atomic E-state index is 0.0529. The minimum atomic E-state index is -0.0529. The molecule has 6 nitrogen and oxygen atoms in total. The number of hydrogen-bond acceptors (Lipinski definition) is 5. The normalized spacial score (nSPS) is 10.4. The molecule has 0 N–H and O–H groups in total. The van der Waals surface area contributed by atoms with Crippen molar-refractivity contribution >= 4 is 5.78 Å². The monoisotopic (exact) mass is 294 g/mol. The van der Waals surface area contributed by atoms with Crippen molar-refractivity contribution in [1.82, 2.24) is 19.7 Å². The van der Waals surface area contributed by atoms with Gasteiger partial charge in [0.05, 0.1) is 12.6 Å². The Hall–Kier alpha value is -3.02. The van der Waals surface area contributed by atoms with Gasteiger partial charge in [0.15, 0.2) is 11.6 Å². The van der Waals surface area contributed by atoms with Gasteiger partial charge in [-0.2, -0.15) is 5.10 Å². The first-order chi connectivity index (χ1) is 10.7. The second-order valence-electron chi connectivity index (χ2n) is 4.75. The number of Topliss-reactive ketones (excluding diaryl/α,β-unsaturated/α-hetero) is 1. The maximum absolute atomic E-state index is 12.3. The average molecular weight is 294 g/mol. The molecule has 0 spiro atoms. The predicted molar refractivity (Wildman–Crippen MR) is 79.8 cm³/mol. The fourth-order valence-corrected chi connectivity index (χ4v) is 1.99. The third kappa shape index (κ3) is 3.35. The molecule has 0 aliphatic rings. The molecule has 110 valence electrons. The highest BCUT2D eigenvalue weighted by Gasteiger charge is 2.11. The molecule has 1 aromatic carbocycles. The highest BCUT2D eigenvalue weighted by atomic mass is 16.5. The number of benzene rings is 1. The lowest BCUT2D eigenvalue weighted by Crippen LogP contribution is -2.05. The summed E-state index contributed by atoms with van der Waals surface area (Å²) >= 11 is 0. The van der Waals surface area contributed by atoms with E-state index in [2.05, 4.69) is 15.1 Å². The van der Waals surface area contributed by atoms with Gasteiger partial charge in [0.1, 0.15) is 17.8 Å². The maximum Gasteiger partial charge on any atom is 0.170 e. The van der Waals surface area contributed by atoms with Crippen LogP contribution >= 0.6 is 0 Å². The summed E-state index contributed by atoms with van der Waals surface area (Å²) in [5.41, 5.74) is 0.564. The number of ketones is 1. The van der Waals surface area contributed by atoms with E-state index in [0.717, 1.165) is 0 Å². The van der Waals surface area contributed by atoms with E-state index < -0.39 is 0 Å².